The molecule has 2 aliphatic rings. The molecule has 1 aliphatic heterocycles. The molecule has 1 unspecified atom stereocenters. The number of carbonyl (C=O) groups is 5. The van der Waals surface area contributed by atoms with Gasteiger partial charge in [0.1, 0.15) is 23.1 Å². The van der Waals surface area contributed by atoms with Gasteiger partial charge in [0.25, 0.3) is 5.91 Å². The van der Waals surface area contributed by atoms with Crippen molar-refractivity contribution in [1.82, 2.24) is 41.5 Å². The first-order valence-corrected chi connectivity index (χ1v) is 21.0. The van der Waals surface area contributed by atoms with Crippen molar-refractivity contribution in [1.29, 1.82) is 0 Å². The number of H-pyrrole nitrogens is 1. The van der Waals surface area contributed by atoms with Gasteiger partial charge in [-0.15, -0.1) is 10.2 Å². The van der Waals surface area contributed by atoms with Crippen LogP contribution in [0.15, 0.2) is 66.7 Å². The number of likely N-dealkylation sites (tertiary alicyclic amines) is 1. The van der Waals surface area contributed by atoms with E-state index in [1.165, 1.54) is 11.0 Å². The lowest BCUT2D eigenvalue weighted by atomic mass is 9.81. The summed E-state index contributed by atoms with van der Waals surface area (Å²) in [6, 6.07) is 17.2. The number of nitrogens with one attached hydrogen (secondary N) is 5. The Morgan fingerprint density at radius 2 is 1.53 bits per heavy atom. The van der Waals surface area contributed by atoms with Crippen molar-refractivity contribution in [2.24, 2.45) is 11.8 Å². The van der Waals surface area contributed by atoms with Gasteiger partial charge in [-0.25, -0.2) is 14.0 Å². The number of benzene rings is 3. The van der Waals surface area contributed by atoms with E-state index < -0.39 is 47.1 Å². The Morgan fingerprint density at radius 1 is 0.855 bits per heavy atom. The molecular formula is C45H56FN9O7. The third-order valence-electron chi connectivity index (χ3n) is 10.7. The number of aromatic amines is 1. The van der Waals surface area contributed by atoms with Gasteiger partial charge in [-0.1, -0.05) is 36.4 Å². The molecule has 2 atom stereocenters. The second kappa shape index (κ2) is 19.5. The number of aromatic nitrogens is 4. The summed E-state index contributed by atoms with van der Waals surface area (Å²) in [6.07, 6.45) is 2.37. The van der Waals surface area contributed by atoms with Gasteiger partial charge < -0.3 is 35.6 Å². The summed E-state index contributed by atoms with van der Waals surface area (Å²) in [5.74, 6) is -1.65. The predicted molar refractivity (Wildman–Crippen MR) is 229 cm³/mol. The number of tetrazole rings is 1. The molecule has 1 saturated carbocycles. The van der Waals surface area contributed by atoms with Crippen molar-refractivity contribution in [3.8, 4) is 22.5 Å². The van der Waals surface area contributed by atoms with Gasteiger partial charge in [0.15, 0.2) is 0 Å². The molecule has 6 rings (SSSR count). The second-order valence-electron chi connectivity index (χ2n) is 17.9. The van der Waals surface area contributed by atoms with E-state index in [-0.39, 0.29) is 47.9 Å². The molecule has 16 nitrogen and oxygen atoms in total. The summed E-state index contributed by atoms with van der Waals surface area (Å²) in [5.41, 5.74) is 1.27. The molecule has 5 N–H and O–H groups in total. The van der Waals surface area contributed by atoms with Crippen molar-refractivity contribution in [3.05, 3.63) is 83.7 Å². The maximum atomic E-state index is 16.0. The molecule has 1 aromatic heterocycles. The summed E-state index contributed by atoms with van der Waals surface area (Å²) in [7, 11) is 0. The molecule has 4 aromatic rings. The van der Waals surface area contributed by atoms with Crippen molar-refractivity contribution in [3.63, 3.8) is 0 Å². The Morgan fingerprint density at radius 3 is 2.18 bits per heavy atom. The fourth-order valence-electron chi connectivity index (χ4n) is 7.51. The van der Waals surface area contributed by atoms with Crippen LogP contribution in [0, 0.1) is 17.7 Å². The molecule has 2 heterocycles. The summed E-state index contributed by atoms with van der Waals surface area (Å²) in [5, 5.41) is 25.6. The zero-order chi connectivity index (χ0) is 44.6. The van der Waals surface area contributed by atoms with Gasteiger partial charge in [0.05, 0.1) is 5.56 Å². The smallest absolute Gasteiger partial charge is 0.410 e. The minimum Gasteiger partial charge on any atom is -0.444 e. The van der Waals surface area contributed by atoms with E-state index in [4.69, 9.17) is 9.47 Å². The largest absolute Gasteiger partial charge is 0.444 e. The fraction of sp³-hybridized carbons (Fsp3) is 0.467. The molecular weight excluding hydrogens is 798 g/mol. The Labute approximate surface area is 360 Å². The van der Waals surface area contributed by atoms with Crippen molar-refractivity contribution < 1.29 is 37.8 Å². The third-order valence-corrected chi connectivity index (χ3v) is 10.7. The number of alkyl carbamates (subject to hydrolysis) is 1. The van der Waals surface area contributed by atoms with Gasteiger partial charge in [0, 0.05) is 54.8 Å². The van der Waals surface area contributed by atoms with Crippen LogP contribution in [0.1, 0.15) is 89.6 Å². The zero-order valence-electron chi connectivity index (χ0n) is 36.0. The SMILES string of the molecule is CC(C)(C)OC(=O)NCC1CCC(C(=O)N[C@@H](Cc2ccc(-c3cccc(C(=O)NC4CCN(C(=O)OC(C)(C)C)C4)c3F)cc2)C(=O)Nc2ccc(-c3nn[nH]n3)cc2)CC1. The quantitative estimate of drug-likeness (QED) is 0.106. The maximum Gasteiger partial charge on any atom is 0.410 e. The van der Waals surface area contributed by atoms with Crippen LogP contribution in [0.25, 0.3) is 22.5 Å². The average Bonchev–Trinajstić information content (AvgIpc) is 3.93. The fourth-order valence-corrected chi connectivity index (χ4v) is 7.51. The minimum atomic E-state index is -0.956. The van der Waals surface area contributed by atoms with E-state index >= 15 is 4.39 Å². The number of hydrogen-bond donors (Lipinski definition) is 5. The molecule has 1 saturated heterocycles. The van der Waals surface area contributed by atoms with E-state index in [9.17, 15) is 24.0 Å². The first-order chi connectivity index (χ1) is 29.4. The molecule has 3 aromatic carbocycles. The minimum absolute atomic E-state index is 0.125. The molecule has 62 heavy (non-hydrogen) atoms. The molecule has 330 valence electrons. The van der Waals surface area contributed by atoms with Crippen LogP contribution < -0.4 is 21.3 Å². The van der Waals surface area contributed by atoms with Gasteiger partial charge in [-0.05, 0) is 126 Å². The van der Waals surface area contributed by atoms with E-state index in [0.717, 1.165) is 12.8 Å². The summed E-state index contributed by atoms with van der Waals surface area (Å²) < 4.78 is 26.8. The van der Waals surface area contributed by atoms with Gasteiger partial charge in [-0.2, -0.15) is 5.21 Å². The van der Waals surface area contributed by atoms with Crippen LogP contribution in [-0.4, -0.2) is 98.4 Å². The molecule has 0 radical (unpaired) electrons. The number of ether oxygens (including phenoxy) is 2. The maximum absolute atomic E-state index is 16.0. The van der Waals surface area contributed by atoms with Crippen LogP contribution in [0.2, 0.25) is 0 Å². The predicted octanol–water partition coefficient (Wildman–Crippen LogP) is 6.41. The number of anilines is 1. The number of rotatable bonds is 12. The Hall–Kier alpha value is -6.39. The molecule has 0 bridgehead atoms. The van der Waals surface area contributed by atoms with Gasteiger partial charge in [-0.3, -0.25) is 14.4 Å². The van der Waals surface area contributed by atoms with Crippen LogP contribution in [-0.2, 0) is 25.5 Å². The highest BCUT2D eigenvalue weighted by atomic mass is 19.1. The lowest BCUT2D eigenvalue weighted by molar-refractivity contribution is -0.130. The van der Waals surface area contributed by atoms with Crippen LogP contribution in [0.4, 0.5) is 19.7 Å². The summed E-state index contributed by atoms with van der Waals surface area (Å²) in [6.45, 7) is 11.9. The topological polar surface area (TPSA) is 210 Å². The normalized spacial score (nSPS) is 18.3. The highest BCUT2D eigenvalue weighted by Crippen LogP contribution is 2.30. The lowest BCUT2D eigenvalue weighted by Crippen LogP contribution is -2.48. The highest BCUT2D eigenvalue weighted by molar-refractivity contribution is 5.98. The van der Waals surface area contributed by atoms with E-state index in [2.05, 4.69) is 41.9 Å². The van der Waals surface area contributed by atoms with Gasteiger partial charge in [0.2, 0.25) is 17.6 Å². The van der Waals surface area contributed by atoms with E-state index in [1.54, 1.807) is 102 Å². The third kappa shape index (κ3) is 12.6. The lowest BCUT2D eigenvalue weighted by Gasteiger charge is -2.29. The molecule has 1 aliphatic carbocycles. The zero-order valence-corrected chi connectivity index (χ0v) is 36.0. The number of nitrogens with zero attached hydrogens (tertiary/aromatic N) is 4. The highest BCUT2D eigenvalue weighted by Gasteiger charge is 2.33. The summed E-state index contributed by atoms with van der Waals surface area (Å²) >= 11 is 0. The van der Waals surface area contributed by atoms with Crippen molar-refractivity contribution in [2.75, 3.05) is 25.0 Å². The van der Waals surface area contributed by atoms with Gasteiger partial charge >= 0.3 is 12.2 Å². The van der Waals surface area contributed by atoms with Crippen LogP contribution in [0.3, 0.4) is 0 Å². The number of carbonyl (C=O) groups excluding carboxylic acids is 5. The Bertz CT molecular complexity index is 2200. The summed E-state index contributed by atoms with van der Waals surface area (Å²) in [4.78, 5) is 67.1. The van der Waals surface area contributed by atoms with E-state index in [1.807, 2.05) is 0 Å². The average molecular weight is 854 g/mol. The first kappa shape index (κ1) is 45.1. The standard InChI is InChI=1S/C45H56FN9O7/c1-44(2,3)61-42(59)47-25-28-12-16-31(17-13-28)39(56)50-36(41(58)48-32-20-18-30(19-21-32)38-51-53-54-52-38)24-27-10-14-29(15-11-27)34-8-7-9-35(37(34)46)40(57)49-33-22-23-55(26-33)43(60)62-45(4,5)6/h7-11,14-15,18-21,28,31,33,36H,12-13,16-17,22-26H2,1-6H3,(H,47,59)(H,48,58)(H,49,57)(H,50,56)(H,51,52,53,54)/t28?,31?,33?,36-/m0/s1. The molecule has 2 fully saturated rings. The molecule has 5 amide bonds. The number of hydrogen-bond acceptors (Lipinski definition) is 10. The van der Waals surface area contributed by atoms with E-state index in [0.29, 0.717) is 60.6 Å². The second-order valence-corrected chi connectivity index (χ2v) is 17.9. The molecule has 17 heteroatoms. The van der Waals surface area contributed by atoms with Crippen LogP contribution >= 0.6 is 0 Å². The Balaban J connectivity index is 1.10. The Kier molecular flexibility index (Phi) is 14.2. The number of amides is 5. The van der Waals surface area contributed by atoms with Crippen molar-refractivity contribution >= 4 is 35.6 Å². The number of halogens is 1. The monoisotopic (exact) mass is 853 g/mol. The van der Waals surface area contributed by atoms with Crippen LogP contribution in [0.5, 0.6) is 0 Å². The van der Waals surface area contributed by atoms with Crippen molar-refractivity contribution in [2.45, 2.75) is 103 Å². The molecule has 0 spiro atoms. The first-order valence-electron chi connectivity index (χ1n) is 21.0.